The van der Waals surface area contributed by atoms with Crippen LogP contribution in [0.15, 0.2) is 109 Å². The molecule has 0 aliphatic carbocycles. The molecule has 7 atom stereocenters. The van der Waals surface area contributed by atoms with Crippen LogP contribution in [0.4, 0.5) is 0 Å². The summed E-state index contributed by atoms with van der Waals surface area (Å²) in [4.78, 5) is 60.4. The van der Waals surface area contributed by atoms with Crippen molar-refractivity contribution in [2.45, 2.75) is 55.8 Å². The van der Waals surface area contributed by atoms with Gasteiger partial charge in [-0.1, -0.05) is 102 Å². The van der Waals surface area contributed by atoms with Crippen molar-refractivity contribution < 1.29 is 33.8 Å². The zero-order valence-electron chi connectivity index (χ0n) is 28.9. The molecule has 3 amide bonds. The van der Waals surface area contributed by atoms with Gasteiger partial charge in [-0.25, -0.2) is 4.68 Å². The summed E-state index contributed by atoms with van der Waals surface area (Å²) in [6.45, 7) is -0.292. The number of benzene rings is 3. The quantitative estimate of drug-likeness (QED) is 0.217. The normalized spacial score (nSPS) is 28.6. The Hall–Kier alpha value is -5.66. The lowest BCUT2D eigenvalue weighted by Gasteiger charge is -2.38. The molecule has 2 saturated heterocycles. The SMILES string of the molecule is O=C1CC/C=C\CN(Cn2nnc3ccccc32)C(=O)[C@@H]2N([C@@H](CO)Cc3ccccc3)C(=O)[C@H]3[C@H](C(=O)O[C@H](c4ccccc4)CN1)[C@@H]1C=C[C@]23O1. The van der Waals surface area contributed by atoms with E-state index < -0.39 is 66.1 Å². The number of nitrogens with one attached hydrogen (secondary N) is 1. The highest BCUT2D eigenvalue weighted by molar-refractivity contribution is 5.99. The van der Waals surface area contributed by atoms with Crippen LogP contribution >= 0.6 is 0 Å². The van der Waals surface area contributed by atoms with E-state index in [2.05, 4.69) is 15.6 Å². The number of hydrogen-bond donors (Lipinski definition) is 2. The molecule has 1 spiro atoms. The third-order valence-corrected chi connectivity index (χ3v) is 10.7. The zero-order valence-corrected chi connectivity index (χ0v) is 28.9. The minimum atomic E-state index is -1.51. The van der Waals surface area contributed by atoms with E-state index in [1.54, 1.807) is 21.7 Å². The molecule has 0 saturated carbocycles. The van der Waals surface area contributed by atoms with Gasteiger partial charge >= 0.3 is 5.97 Å². The summed E-state index contributed by atoms with van der Waals surface area (Å²) in [6, 6.07) is 23.9. The van der Waals surface area contributed by atoms with Gasteiger partial charge in [-0.3, -0.25) is 19.2 Å². The summed E-state index contributed by atoms with van der Waals surface area (Å²) in [7, 11) is 0. The molecule has 5 heterocycles. The molecule has 5 bridgehead atoms. The van der Waals surface area contributed by atoms with Crippen LogP contribution in [0.1, 0.15) is 30.1 Å². The van der Waals surface area contributed by atoms with E-state index in [0.29, 0.717) is 23.0 Å². The van der Waals surface area contributed by atoms with Crippen LogP contribution in [0.3, 0.4) is 0 Å². The van der Waals surface area contributed by atoms with Gasteiger partial charge in [-0.2, -0.15) is 0 Å². The van der Waals surface area contributed by atoms with Crippen molar-refractivity contribution in [2.75, 3.05) is 19.7 Å². The predicted molar refractivity (Wildman–Crippen MR) is 191 cm³/mol. The first-order valence-corrected chi connectivity index (χ1v) is 18.0. The van der Waals surface area contributed by atoms with Crippen LogP contribution in [0.2, 0.25) is 0 Å². The maximum Gasteiger partial charge on any atom is 0.313 e. The van der Waals surface area contributed by atoms with Gasteiger partial charge in [0.1, 0.15) is 35.9 Å². The first-order valence-electron chi connectivity index (χ1n) is 18.0. The molecule has 272 valence electrons. The maximum absolute atomic E-state index is 15.2. The molecule has 53 heavy (non-hydrogen) atoms. The number of ether oxygens (including phenoxy) is 2. The Bertz CT molecular complexity index is 2070. The molecule has 2 N–H and O–H groups in total. The fourth-order valence-electron chi connectivity index (χ4n) is 8.20. The first-order chi connectivity index (χ1) is 25.9. The van der Waals surface area contributed by atoms with Gasteiger partial charge in [0, 0.05) is 13.0 Å². The third-order valence-electron chi connectivity index (χ3n) is 10.7. The number of esters is 1. The number of aliphatic hydroxyl groups excluding tert-OH is 1. The molecule has 4 aliphatic heterocycles. The largest absolute Gasteiger partial charge is 0.455 e. The number of carbonyl (C=O) groups excluding carboxylic acids is 4. The number of aromatic nitrogens is 3. The highest BCUT2D eigenvalue weighted by Gasteiger charge is 2.74. The lowest BCUT2D eigenvalue weighted by molar-refractivity contribution is -0.160. The predicted octanol–water partition coefficient (Wildman–Crippen LogP) is 2.72. The van der Waals surface area contributed by atoms with Crippen molar-refractivity contribution in [1.82, 2.24) is 30.1 Å². The summed E-state index contributed by atoms with van der Waals surface area (Å²) < 4.78 is 14.4. The van der Waals surface area contributed by atoms with Crippen molar-refractivity contribution in [1.29, 1.82) is 0 Å². The second-order valence-corrected chi connectivity index (χ2v) is 13.9. The highest BCUT2D eigenvalue weighted by atomic mass is 16.6. The Balaban J connectivity index is 1.22. The van der Waals surface area contributed by atoms with Gasteiger partial charge in [-0.05, 0) is 36.1 Å². The third kappa shape index (κ3) is 6.29. The van der Waals surface area contributed by atoms with Gasteiger partial charge in [0.05, 0.1) is 36.7 Å². The van der Waals surface area contributed by atoms with Gasteiger partial charge in [-0.15, -0.1) is 5.10 Å². The molecule has 13 heteroatoms. The molecule has 0 radical (unpaired) electrons. The van der Waals surface area contributed by atoms with Crippen LogP contribution in [0.25, 0.3) is 11.0 Å². The number of rotatable bonds is 7. The molecule has 8 rings (SSSR count). The molecule has 0 unspecified atom stereocenters. The Morgan fingerprint density at radius 3 is 2.47 bits per heavy atom. The Morgan fingerprint density at radius 2 is 1.68 bits per heavy atom. The van der Waals surface area contributed by atoms with Crippen molar-refractivity contribution in [3.63, 3.8) is 0 Å². The lowest BCUT2D eigenvalue weighted by Crippen LogP contribution is -2.59. The van der Waals surface area contributed by atoms with E-state index in [0.717, 1.165) is 5.56 Å². The van der Waals surface area contributed by atoms with Crippen LogP contribution in [-0.2, 0) is 41.7 Å². The maximum atomic E-state index is 15.2. The number of fused-ring (bicyclic) bond motifs is 3. The van der Waals surface area contributed by atoms with E-state index in [1.165, 1.54) is 4.90 Å². The number of amides is 3. The van der Waals surface area contributed by atoms with E-state index in [9.17, 15) is 19.5 Å². The Morgan fingerprint density at radius 1 is 0.925 bits per heavy atom. The molecule has 13 nitrogen and oxygen atoms in total. The van der Waals surface area contributed by atoms with Crippen molar-refractivity contribution in [3.05, 3.63) is 120 Å². The second-order valence-electron chi connectivity index (χ2n) is 13.9. The summed E-state index contributed by atoms with van der Waals surface area (Å²) in [6.07, 6.45) is 6.31. The van der Waals surface area contributed by atoms with Gasteiger partial charge in [0.25, 0.3) is 5.91 Å². The number of hydrogen-bond acceptors (Lipinski definition) is 9. The van der Waals surface area contributed by atoms with Crippen LogP contribution in [0.5, 0.6) is 0 Å². The minimum Gasteiger partial charge on any atom is -0.455 e. The van der Waals surface area contributed by atoms with Crippen LogP contribution in [-0.4, -0.2) is 97.1 Å². The van der Waals surface area contributed by atoms with Crippen molar-refractivity contribution in [3.8, 4) is 0 Å². The summed E-state index contributed by atoms with van der Waals surface area (Å²) in [5, 5.41) is 22.4. The number of aliphatic hydroxyl groups is 1. The van der Waals surface area contributed by atoms with Gasteiger partial charge < -0.3 is 29.7 Å². The fourth-order valence-corrected chi connectivity index (χ4v) is 8.20. The second kappa shape index (κ2) is 14.4. The molecule has 1 aromatic heterocycles. The number of nitrogens with zero attached hydrogens (tertiary/aromatic N) is 5. The zero-order chi connectivity index (χ0) is 36.5. The monoisotopic (exact) mass is 716 g/mol. The summed E-state index contributed by atoms with van der Waals surface area (Å²) in [5.41, 5.74) is 1.41. The molecule has 4 aliphatic rings. The van der Waals surface area contributed by atoms with Crippen LogP contribution in [0, 0.1) is 11.8 Å². The Kier molecular flexibility index (Phi) is 9.35. The van der Waals surface area contributed by atoms with Gasteiger partial charge in [0.2, 0.25) is 11.8 Å². The van der Waals surface area contributed by atoms with Gasteiger partial charge in [0.15, 0.2) is 0 Å². The molecular weight excluding hydrogens is 676 g/mol. The topological polar surface area (TPSA) is 156 Å². The van der Waals surface area contributed by atoms with E-state index in [-0.39, 0.29) is 38.5 Å². The number of carbonyl (C=O) groups is 4. The minimum absolute atomic E-state index is 0.0106. The van der Waals surface area contributed by atoms with Crippen LogP contribution < -0.4 is 5.32 Å². The van der Waals surface area contributed by atoms with Crippen molar-refractivity contribution in [2.24, 2.45) is 11.8 Å². The first kappa shape index (κ1) is 34.4. The summed E-state index contributed by atoms with van der Waals surface area (Å²) in [5.74, 6) is -3.98. The van der Waals surface area contributed by atoms with Crippen molar-refractivity contribution >= 4 is 34.7 Å². The number of para-hydroxylation sites is 1. The Labute approximate surface area is 305 Å². The van der Waals surface area contributed by atoms with E-state index >= 15 is 4.79 Å². The molecule has 3 aromatic carbocycles. The number of likely N-dealkylation sites (tertiary alicyclic amines) is 1. The summed E-state index contributed by atoms with van der Waals surface area (Å²) >= 11 is 0. The average molecular weight is 717 g/mol. The molecular formula is C40H40N6O7. The highest BCUT2D eigenvalue weighted by Crippen LogP contribution is 2.56. The molecule has 2 fully saturated rings. The fraction of sp³-hybridized carbons (Fsp3) is 0.350. The lowest BCUT2D eigenvalue weighted by atomic mass is 9.74. The number of cyclic esters (lactones) is 1. The standard InChI is InChI=1S/C40H40N6O7/c47-24-28(22-26-12-4-1-5-13-26)46-36-38(50)44(25-45-30-17-10-9-16-29(30)42-43-45)21-11-3-8-18-33(48)41-23-32(27-14-6-2-7-15-27)52-39(51)34-31-19-20-40(36,53-31)35(34)37(46)49/h1-7,9-17,19-20,28,31-32,34-36,47H,8,18,21-25H2,(H,41,48)/b11-3-/t28-,31+,32+,34-,35-,36+,40-/m1/s1. The molecule has 4 aromatic rings. The average Bonchev–Trinajstić information content (AvgIpc) is 3.94. The van der Waals surface area contributed by atoms with E-state index in [1.807, 2.05) is 97.1 Å². The number of allylic oxidation sites excluding steroid dienone is 1. The van der Waals surface area contributed by atoms with E-state index in [4.69, 9.17) is 9.47 Å². The smallest absolute Gasteiger partial charge is 0.313 e.